The quantitative estimate of drug-likeness (QED) is 0.533. The van der Waals surface area contributed by atoms with Gasteiger partial charge < -0.3 is 20.7 Å². The highest BCUT2D eigenvalue weighted by Crippen LogP contribution is 2.40. The number of rotatable bonds is 6. The third kappa shape index (κ3) is 4.42. The first-order valence-electron chi connectivity index (χ1n) is 11.7. The molecule has 0 aliphatic carbocycles. The second kappa shape index (κ2) is 9.18. The number of alkyl halides is 3. The van der Waals surface area contributed by atoms with Gasteiger partial charge in [-0.05, 0) is 47.7 Å². The van der Waals surface area contributed by atoms with Crippen LogP contribution in [-0.2, 0) is 17.5 Å². The Hall–Kier alpha value is -3.50. The van der Waals surface area contributed by atoms with Gasteiger partial charge in [0.05, 0.1) is 42.8 Å². The zero-order chi connectivity index (χ0) is 25.5. The zero-order valence-electron chi connectivity index (χ0n) is 19.7. The summed E-state index contributed by atoms with van der Waals surface area (Å²) in [5.41, 5.74) is 7.70. The van der Waals surface area contributed by atoms with Crippen LogP contribution < -0.4 is 16.0 Å². The van der Waals surface area contributed by atoms with Crippen LogP contribution in [0.1, 0.15) is 46.6 Å². The van der Waals surface area contributed by atoms with Gasteiger partial charge in [-0.15, -0.1) is 0 Å². The third-order valence-corrected chi connectivity index (χ3v) is 6.97. The topological polar surface area (TPSA) is 93.4 Å². The molecule has 5 rings (SSSR count). The lowest BCUT2D eigenvalue weighted by molar-refractivity contribution is -0.137. The molecule has 36 heavy (non-hydrogen) atoms. The van der Waals surface area contributed by atoms with Crippen molar-refractivity contribution in [2.75, 3.05) is 24.7 Å². The van der Waals surface area contributed by atoms with Crippen LogP contribution in [-0.4, -0.2) is 41.2 Å². The van der Waals surface area contributed by atoms with E-state index in [0.717, 1.165) is 30.7 Å². The standard InChI is InChI=1S/C26H26F3N5O2/c1-16(32-24(35)22-12-31-13-23(33-22)34-9-8-25(34)14-36-15-25)17-2-4-18(5-3-17)21-10-20(26(27,28)29)7-6-19(21)11-30/h2-7,10,12-13,16H,8-9,11,14-15,30H2,1H3,(H,32,35)/t16-/m1/s1. The van der Waals surface area contributed by atoms with E-state index in [1.807, 2.05) is 6.92 Å². The molecule has 2 fully saturated rings. The van der Waals surface area contributed by atoms with Crippen molar-refractivity contribution in [3.05, 3.63) is 77.2 Å². The number of nitrogens with two attached hydrogens (primary N) is 1. The molecule has 1 aromatic heterocycles. The lowest BCUT2D eigenvalue weighted by Gasteiger charge is -2.58. The fraction of sp³-hybridized carbons (Fsp3) is 0.346. The van der Waals surface area contributed by atoms with Gasteiger partial charge in [0.15, 0.2) is 0 Å². The number of aromatic nitrogens is 2. The first-order valence-corrected chi connectivity index (χ1v) is 11.7. The molecule has 3 N–H and O–H groups in total. The van der Waals surface area contributed by atoms with Crippen molar-refractivity contribution in [1.29, 1.82) is 0 Å². The first kappa shape index (κ1) is 24.2. The van der Waals surface area contributed by atoms with E-state index in [4.69, 9.17) is 10.5 Å². The smallest absolute Gasteiger partial charge is 0.376 e. The van der Waals surface area contributed by atoms with Gasteiger partial charge in [-0.1, -0.05) is 30.3 Å². The summed E-state index contributed by atoms with van der Waals surface area (Å²) >= 11 is 0. The minimum atomic E-state index is -4.44. The molecule has 3 heterocycles. The molecule has 10 heteroatoms. The molecule has 0 unspecified atom stereocenters. The number of halogens is 3. The van der Waals surface area contributed by atoms with Crippen molar-refractivity contribution < 1.29 is 22.7 Å². The second-order valence-corrected chi connectivity index (χ2v) is 9.27. The predicted octanol–water partition coefficient (Wildman–Crippen LogP) is 4.09. The van der Waals surface area contributed by atoms with Gasteiger partial charge in [0.25, 0.3) is 5.91 Å². The molecule has 1 atom stereocenters. The van der Waals surface area contributed by atoms with E-state index in [-0.39, 0.29) is 29.7 Å². The second-order valence-electron chi connectivity index (χ2n) is 9.27. The van der Waals surface area contributed by atoms with E-state index < -0.39 is 11.7 Å². The summed E-state index contributed by atoms with van der Waals surface area (Å²) in [7, 11) is 0. The number of nitrogens with one attached hydrogen (secondary N) is 1. The normalized spacial score (nSPS) is 17.3. The Morgan fingerprint density at radius 3 is 2.53 bits per heavy atom. The molecule has 0 bridgehead atoms. The van der Waals surface area contributed by atoms with Crippen LogP contribution in [0.3, 0.4) is 0 Å². The number of carbonyl (C=O) groups excluding carboxylic acids is 1. The van der Waals surface area contributed by atoms with Crippen LogP contribution in [0.4, 0.5) is 19.0 Å². The molecule has 1 amide bonds. The number of carbonyl (C=O) groups is 1. The fourth-order valence-electron chi connectivity index (χ4n) is 4.64. The van der Waals surface area contributed by atoms with Gasteiger partial charge in [0.1, 0.15) is 11.5 Å². The Bertz CT molecular complexity index is 1270. The lowest BCUT2D eigenvalue weighted by atomic mass is 9.83. The molecule has 1 spiro atoms. The number of hydrogen-bond acceptors (Lipinski definition) is 6. The molecule has 7 nitrogen and oxygen atoms in total. The highest BCUT2D eigenvalue weighted by molar-refractivity contribution is 5.92. The van der Waals surface area contributed by atoms with Crippen LogP contribution in [0.5, 0.6) is 0 Å². The Kier molecular flexibility index (Phi) is 6.17. The van der Waals surface area contributed by atoms with E-state index in [1.54, 1.807) is 30.5 Å². The minimum Gasteiger partial charge on any atom is -0.376 e. The van der Waals surface area contributed by atoms with Crippen LogP contribution in [0.2, 0.25) is 0 Å². The van der Waals surface area contributed by atoms with Gasteiger partial charge in [-0.3, -0.25) is 9.78 Å². The van der Waals surface area contributed by atoms with Gasteiger partial charge in [-0.25, -0.2) is 4.98 Å². The van der Waals surface area contributed by atoms with E-state index in [0.29, 0.717) is 35.7 Å². The average Bonchev–Trinajstić information content (AvgIpc) is 2.81. The summed E-state index contributed by atoms with van der Waals surface area (Å²) in [6, 6.07) is 10.2. The minimum absolute atomic E-state index is 0.0117. The molecule has 3 aromatic rings. The summed E-state index contributed by atoms with van der Waals surface area (Å²) < 4.78 is 45.0. The number of benzene rings is 2. The van der Waals surface area contributed by atoms with Crippen molar-refractivity contribution in [3.8, 4) is 11.1 Å². The van der Waals surface area contributed by atoms with Crippen LogP contribution in [0.25, 0.3) is 11.1 Å². The summed E-state index contributed by atoms with van der Waals surface area (Å²) in [5.74, 6) is 0.301. The lowest BCUT2D eigenvalue weighted by Crippen LogP contribution is -2.71. The Morgan fingerprint density at radius 2 is 1.94 bits per heavy atom. The van der Waals surface area contributed by atoms with Crippen LogP contribution in [0.15, 0.2) is 54.9 Å². The Morgan fingerprint density at radius 1 is 1.19 bits per heavy atom. The summed E-state index contributed by atoms with van der Waals surface area (Å²) in [4.78, 5) is 23.7. The fourth-order valence-corrected chi connectivity index (χ4v) is 4.64. The maximum atomic E-state index is 13.2. The molecular formula is C26H26F3N5O2. The Balaban J connectivity index is 1.30. The summed E-state index contributed by atoms with van der Waals surface area (Å²) in [6.45, 7) is 4.11. The highest BCUT2D eigenvalue weighted by Gasteiger charge is 2.51. The van der Waals surface area contributed by atoms with Gasteiger partial charge in [-0.2, -0.15) is 13.2 Å². The van der Waals surface area contributed by atoms with Crippen molar-refractivity contribution in [2.24, 2.45) is 5.73 Å². The molecule has 2 aliphatic heterocycles. The van der Waals surface area contributed by atoms with Crippen molar-refractivity contribution in [3.63, 3.8) is 0 Å². The number of ether oxygens (including phenoxy) is 1. The largest absolute Gasteiger partial charge is 0.416 e. The third-order valence-electron chi connectivity index (χ3n) is 6.97. The van der Waals surface area contributed by atoms with Crippen molar-refractivity contribution in [2.45, 2.75) is 37.6 Å². The number of nitrogens with zero attached hydrogens (tertiary/aromatic N) is 3. The van der Waals surface area contributed by atoms with Gasteiger partial charge in [0.2, 0.25) is 0 Å². The SMILES string of the molecule is C[C@@H](NC(=O)c1cncc(N2CCC23COC3)n1)c1ccc(-c2cc(C(F)(F)F)ccc2CN)cc1. The highest BCUT2D eigenvalue weighted by atomic mass is 19.4. The first-order chi connectivity index (χ1) is 17.2. The van der Waals surface area contributed by atoms with Gasteiger partial charge >= 0.3 is 6.18 Å². The molecule has 2 saturated heterocycles. The molecule has 2 aliphatic rings. The van der Waals surface area contributed by atoms with E-state index in [9.17, 15) is 18.0 Å². The monoisotopic (exact) mass is 497 g/mol. The molecule has 0 saturated carbocycles. The van der Waals surface area contributed by atoms with Gasteiger partial charge in [0, 0.05) is 13.1 Å². The molecule has 188 valence electrons. The Labute approximate surface area is 206 Å². The molecular weight excluding hydrogens is 471 g/mol. The average molecular weight is 498 g/mol. The van der Waals surface area contributed by atoms with Crippen LogP contribution in [0, 0.1) is 0 Å². The van der Waals surface area contributed by atoms with Crippen molar-refractivity contribution in [1.82, 2.24) is 15.3 Å². The predicted molar refractivity (Wildman–Crippen MR) is 128 cm³/mol. The molecule has 2 aromatic carbocycles. The number of anilines is 1. The number of amides is 1. The molecule has 0 radical (unpaired) electrons. The van der Waals surface area contributed by atoms with E-state index in [1.165, 1.54) is 12.3 Å². The summed E-state index contributed by atoms with van der Waals surface area (Å²) in [5, 5.41) is 2.92. The maximum absolute atomic E-state index is 13.2. The zero-order valence-corrected chi connectivity index (χ0v) is 19.7. The van der Waals surface area contributed by atoms with E-state index >= 15 is 0 Å². The summed E-state index contributed by atoms with van der Waals surface area (Å²) in [6.07, 6.45) is -0.323. The number of hydrogen-bond donors (Lipinski definition) is 2. The van der Waals surface area contributed by atoms with Crippen molar-refractivity contribution >= 4 is 11.7 Å². The van der Waals surface area contributed by atoms with E-state index in [2.05, 4.69) is 20.2 Å². The maximum Gasteiger partial charge on any atom is 0.416 e. The van der Waals surface area contributed by atoms with Crippen LogP contribution >= 0.6 is 0 Å².